The maximum Gasteiger partial charge on any atom is 0.0378 e. The van der Waals surface area contributed by atoms with E-state index in [-0.39, 0.29) is 6.04 Å². The highest BCUT2D eigenvalue weighted by Gasteiger charge is 2.17. The van der Waals surface area contributed by atoms with Gasteiger partial charge in [-0.3, -0.25) is 4.98 Å². The van der Waals surface area contributed by atoms with E-state index in [0.29, 0.717) is 0 Å². The fraction of sp³-hybridized carbons (Fsp3) is 0.0488. The van der Waals surface area contributed by atoms with Gasteiger partial charge in [-0.2, -0.15) is 0 Å². The molecule has 2 nitrogen and oxygen atoms in total. The zero-order valence-electron chi connectivity index (χ0n) is 23.9. The van der Waals surface area contributed by atoms with E-state index in [9.17, 15) is 0 Å². The van der Waals surface area contributed by atoms with E-state index in [4.69, 9.17) is 5.32 Å². The van der Waals surface area contributed by atoms with Crippen LogP contribution in [0.3, 0.4) is 0 Å². The highest BCUT2D eigenvalue weighted by molar-refractivity contribution is 6.21. The van der Waals surface area contributed by atoms with Crippen molar-refractivity contribution in [3.05, 3.63) is 174 Å². The molecule has 204 valence electrons. The van der Waals surface area contributed by atoms with Crippen molar-refractivity contribution in [2.45, 2.75) is 13.0 Å². The van der Waals surface area contributed by atoms with Gasteiger partial charge >= 0.3 is 0 Å². The first kappa shape index (κ1) is 25.3. The molecule has 1 atom stereocenters. The average Bonchev–Trinajstić information content (AvgIpc) is 3.07. The third-order valence-corrected chi connectivity index (χ3v) is 8.50. The topological polar surface area (TPSA) is 27.0 Å². The molecule has 0 saturated heterocycles. The molecule has 0 spiro atoms. The van der Waals surface area contributed by atoms with Crippen LogP contribution in [-0.4, -0.2) is 4.98 Å². The largest absolute Gasteiger partial charge is 0.674 e. The van der Waals surface area contributed by atoms with Crippen molar-refractivity contribution in [2.75, 3.05) is 0 Å². The van der Waals surface area contributed by atoms with Crippen LogP contribution in [0.15, 0.2) is 152 Å². The molecule has 0 radical (unpaired) electrons. The molecule has 2 heterocycles. The van der Waals surface area contributed by atoms with Gasteiger partial charge in [-0.25, -0.2) is 0 Å². The van der Waals surface area contributed by atoms with Crippen molar-refractivity contribution in [1.29, 1.82) is 0 Å². The second-order valence-corrected chi connectivity index (χ2v) is 11.2. The molecule has 43 heavy (non-hydrogen) atoms. The lowest BCUT2D eigenvalue weighted by Crippen LogP contribution is -2.00. The molecule has 1 aliphatic heterocycles. The van der Waals surface area contributed by atoms with Crippen molar-refractivity contribution in [3.63, 3.8) is 0 Å². The number of aryl methyl sites for hydroxylation is 1. The number of hydrogen-bond acceptors (Lipinski definition) is 1. The highest BCUT2D eigenvalue weighted by atomic mass is 14.9. The Labute approximate surface area is 251 Å². The van der Waals surface area contributed by atoms with Gasteiger partial charge in [-0.1, -0.05) is 139 Å². The minimum absolute atomic E-state index is 0.0529. The number of hydrogen-bond donors (Lipinski definition) is 0. The molecule has 6 aromatic carbocycles. The van der Waals surface area contributed by atoms with Crippen molar-refractivity contribution < 1.29 is 0 Å². The fourth-order valence-electron chi connectivity index (χ4n) is 6.52. The Kier molecular flexibility index (Phi) is 6.12. The van der Waals surface area contributed by atoms with E-state index < -0.39 is 0 Å². The minimum atomic E-state index is -0.0529. The summed E-state index contributed by atoms with van der Waals surface area (Å²) in [6.45, 7) is 2.02. The van der Waals surface area contributed by atoms with Gasteiger partial charge in [0.05, 0.1) is 0 Å². The summed E-state index contributed by atoms with van der Waals surface area (Å²) in [6, 6.07) is 46.1. The van der Waals surface area contributed by atoms with Crippen LogP contribution in [0.2, 0.25) is 0 Å². The second-order valence-electron chi connectivity index (χ2n) is 11.2. The van der Waals surface area contributed by atoms with Crippen LogP contribution in [0.25, 0.3) is 65.6 Å². The third kappa shape index (κ3) is 4.49. The molecule has 0 fully saturated rings. The molecule has 0 bridgehead atoms. The predicted molar refractivity (Wildman–Crippen MR) is 182 cm³/mol. The minimum Gasteiger partial charge on any atom is -0.674 e. The summed E-state index contributed by atoms with van der Waals surface area (Å²) in [5.74, 6) is 0. The van der Waals surface area contributed by atoms with Gasteiger partial charge in [0.15, 0.2) is 0 Å². The molecule has 0 aliphatic carbocycles. The number of fused-ring (bicyclic) bond motifs is 3. The predicted octanol–water partition coefficient (Wildman–Crippen LogP) is 11.2. The fourth-order valence-corrected chi connectivity index (χ4v) is 6.52. The van der Waals surface area contributed by atoms with Crippen LogP contribution in [0.4, 0.5) is 0 Å². The number of allylic oxidation sites excluding steroid dienone is 2. The average molecular weight is 550 g/mol. The van der Waals surface area contributed by atoms with Crippen molar-refractivity contribution in [2.24, 2.45) is 0 Å². The van der Waals surface area contributed by atoms with Crippen LogP contribution < -0.4 is 0 Å². The van der Waals surface area contributed by atoms with Crippen LogP contribution in [0.5, 0.6) is 0 Å². The third-order valence-electron chi connectivity index (χ3n) is 8.50. The summed E-state index contributed by atoms with van der Waals surface area (Å²) in [5, 5.41) is 12.7. The van der Waals surface area contributed by atoms with Gasteiger partial charge in [-0.05, 0) is 85.3 Å². The zero-order chi connectivity index (χ0) is 28.8. The smallest absolute Gasteiger partial charge is 0.0378 e. The molecule has 7 aromatic rings. The number of benzene rings is 6. The Balaban J connectivity index is 1.28. The van der Waals surface area contributed by atoms with Gasteiger partial charge in [-0.15, -0.1) is 5.70 Å². The number of pyridine rings is 1. The standard InChI is InChI=1S/C41H29N2/c1-27-24-31(22-23-42-27)39-19-9-18-38(43-39)30-12-8-13-32(26-30)40-34-14-4-6-16-36(34)41(37-17-7-5-15-35(37)40)33-21-20-28-10-2-3-11-29(28)25-33/h2-26,38H,1H3/q-1. The molecular formula is C41H29N2-. The zero-order valence-corrected chi connectivity index (χ0v) is 23.9. The van der Waals surface area contributed by atoms with Crippen LogP contribution in [0, 0.1) is 6.92 Å². The highest BCUT2D eigenvalue weighted by Crippen LogP contribution is 2.45. The normalized spacial score (nSPS) is 14.6. The van der Waals surface area contributed by atoms with Gasteiger partial charge in [0.25, 0.3) is 0 Å². The molecule has 8 rings (SSSR count). The van der Waals surface area contributed by atoms with Gasteiger partial charge < -0.3 is 5.32 Å². The summed E-state index contributed by atoms with van der Waals surface area (Å²) in [5.41, 5.74) is 9.24. The van der Waals surface area contributed by atoms with E-state index >= 15 is 0 Å². The Bertz CT molecular complexity index is 2180. The van der Waals surface area contributed by atoms with Gasteiger partial charge in [0.2, 0.25) is 0 Å². The van der Waals surface area contributed by atoms with E-state index in [1.54, 1.807) is 0 Å². The summed E-state index contributed by atoms with van der Waals surface area (Å²) in [7, 11) is 0. The van der Waals surface area contributed by atoms with Crippen LogP contribution >= 0.6 is 0 Å². The summed E-state index contributed by atoms with van der Waals surface area (Å²) in [4.78, 5) is 4.36. The van der Waals surface area contributed by atoms with Gasteiger partial charge in [0.1, 0.15) is 0 Å². The lowest BCUT2D eigenvalue weighted by Gasteiger charge is -2.36. The molecule has 1 aromatic heterocycles. The lowest BCUT2D eigenvalue weighted by atomic mass is 9.85. The SMILES string of the molecule is Cc1cc(C2=CC=CC(c3cccc(-c4c5ccccc5c(-c5ccc6ccccc6c5)c5ccccc45)c3)[N-]2)ccn1. The summed E-state index contributed by atoms with van der Waals surface area (Å²) >= 11 is 0. The van der Waals surface area contributed by atoms with Crippen LogP contribution in [0.1, 0.15) is 22.9 Å². The summed E-state index contributed by atoms with van der Waals surface area (Å²) < 4.78 is 0. The lowest BCUT2D eigenvalue weighted by molar-refractivity contribution is 1.03. The van der Waals surface area contributed by atoms with E-state index in [2.05, 4.69) is 145 Å². The maximum atomic E-state index is 5.15. The molecule has 0 saturated carbocycles. The Morgan fingerprint density at radius 1 is 0.558 bits per heavy atom. The molecule has 0 amide bonds. The monoisotopic (exact) mass is 549 g/mol. The van der Waals surface area contributed by atoms with Crippen LogP contribution in [-0.2, 0) is 0 Å². The molecular weight excluding hydrogens is 520 g/mol. The Hall–Kier alpha value is -5.47. The molecule has 1 unspecified atom stereocenters. The molecule has 0 N–H and O–H groups in total. The Morgan fingerprint density at radius 2 is 1.21 bits per heavy atom. The van der Waals surface area contributed by atoms with Crippen molar-refractivity contribution in [3.8, 4) is 22.3 Å². The number of aromatic nitrogens is 1. The van der Waals surface area contributed by atoms with Crippen molar-refractivity contribution in [1.82, 2.24) is 4.98 Å². The van der Waals surface area contributed by atoms with E-state index in [0.717, 1.165) is 17.0 Å². The quantitative estimate of drug-likeness (QED) is 0.201. The van der Waals surface area contributed by atoms with E-state index in [1.807, 2.05) is 19.2 Å². The number of nitrogens with zero attached hydrogens (tertiary/aromatic N) is 2. The number of rotatable bonds is 4. The first-order valence-electron chi connectivity index (χ1n) is 14.8. The molecule has 1 aliphatic rings. The molecule has 2 heteroatoms. The second kappa shape index (κ2) is 10.4. The van der Waals surface area contributed by atoms with E-state index in [1.165, 1.54) is 60.1 Å². The Morgan fingerprint density at radius 3 is 1.91 bits per heavy atom. The van der Waals surface area contributed by atoms with Gasteiger partial charge in [0, 0.05) is 11.9 Å². The summed E-state index contributed by atoms with van der Waals surface area (Å²) in [6.07, 6.45) is 8.24. The van der Waals surface area contributed by atoms with Crippen molar-refractivity contribution >= 4 is 38.0 Å². The maximum absolute atomic E-state index is 5.15. The first-order chi connectivity index (χ1) is 21.2. The first-order valence-corrected chi connectivity index (χ1v) is 14.8.